The molecule has 0 radical (unpaired) electrons. The molecule has 0 spiro atoms. The van der Waals surface area contributed by atoms with Gasteiger partial charge in [0, 0.05) is 28.8 Å². The lowest BCUT2D eigenvalue weighted by molar-refractivity contribution is -0.116. The topological polar surface area (TPSA) is 59.6 Å². The number of carbonyl (C=O) groups excluding carboxylic acids is 1. The molecule has 0 aromatic heterocycles. The standard InChI is InChI=1S/C28H33BrN2O3/c1-5-33-26-14-22(25(29)16-27(26)34-18-21-10-7-6-9-20(21)4)17-30-23-11-8-12-24(15-23)31-28(32)13-19(2)3/h6-12,14-16,19,30H,5,13,17-18H2,1-4H3,(H,31,32). The molecule has 0 aliphatic rings. The second-order valence-corrected chi connectivity index (χ2v) is 9.47. The van der Waals surface area contributed by atoms with E-state index in [1.165, 1.54) is 5.56 Å². The Balaban J connectivity index is 1.69. The van der Waals surface area contributed by atoms with E-state index >= 15 is 0 Å². The third-order valence-corrected chi connectivity index (χ3v) is 6.02. The first-order valence-corrected chi connectivity index (χ1v) is 12.4. The number of carbonyl (C=O) groups is 1. The summed E-state index contributed by atoms with van der Waals surface area (Å²) in [5.74, 6) is 1.76. The first-order chi connectivity index (χ1) is 16.4. The highest BCUT2D eigenvalue weighted by atomic mass is 79.9. The van der Waals surface area contributed by atoms with Crippen LogP contribution in [-0.4, -0.2) is 12.5 Å². The Morgan fingerprint density at radius 3 is 2.41 bits per heavy atom. The minimum atomic E-state index is 0.0255. The van der Waals surface area contributed by atoms with Crippen molar-refractivity contribution < 1.29 is 14.3 Å². The Morgan fingerprint density at radius 2 is 1.68 bits per heavy atom. The van der Waals surface area contributed by atoms with Crippen LogP contribution in [0, 0.1) is 12.8 Å². The lowest BCUT2D eigenvalue weighted by Gasteiger charge is -2.16. The van der Waals surface area contributed by atoms with Crippen molar-refractivity contribution in [2.24, 2.45) is 5.92 Å². The van der Waals surface area contributed by atoms with Gasteiger partial charge in [-0.05, 0) is 66.8 Å². The van der Waals surface area contributed by atoms with Crippen molar-refractivity contribution in [3.63, 3.8) is 0 Å². The van der Waals surface area contributed by atoms with Crippen LogP contribution in [-0.2, 0) is 17.9 Å². The van der Waals surface area contributed by atoms with Gasteiger partial charge in [0.1, 0.15) is 6.61 Å². The number of halogens is 1. The Kier molecular flexibility index (Phi) is 9.40. The minimum Gasteiger partial charge on any atom is -0.490 e. The summed E-state index contributed by atoms with van der Waals surface area (Å²) in [5, 5.41) is 6.40. The zero-order valence-electron chi connectivity index (χ0n) is 20.3. The Morgan fingerprint density at radius 1 is 0.941 bits per heavy atom. The monoisotopic (exact) mass is 524 g/mol. The summed E-state index contributed by atoms with van der Waals surface area (Å²) in [4.78, 5) is 12.1. The van der Waals surface area contributed by atoms with Crippen molar-refractivity contribution in [3.05, 3.63) is 81.8 Å². The van der Waals surface area contributed by atoms with Gasteiger partial charge < -0.3 is 20.1 Å². The summed E-state index contributed by atoms with van der Waals surface area (Å²) in [6.45, 7) is 9.72. The average Bonchev–Trinajstić information content (AvgIpc) is 2.79. The predicted molar refractivity (Wildman–Crippen MR) is 143 cm³/mol. The van der Waals surface area contributed by atoms with Crippen LogP contribution in [0.3, 0.4) is 0 Å². The first kappa shape index (κ1) is 25.6. The van der Waals surface area contributed by atoms with Crippen LogP contribution in [0.15, 0.2) is 65.1 Å². The van der Waals surface area contributed by atoms with Crippen LogP contribution in [0.4, 0.5) is 11.4 Å². The fourth-order valence-corrected chi connectivity index (χ4v) is 3.97. The normalized spacial score (nSPS) is 10.8. The molecule has 0 fully saturated rings. The number of benzene rings is 3. The average molecular weight is 525 g/mol. The van der Waals surface area contributed by atoms with Crippen LogP contribution in [0.25, 0.3) is 0 Å². The van der Waals surface area contributed by atoms with Crippen LogP contribution in [0.1, 0.15) is 43.9 Å². The molecule has 3 aromatic rings. The number of nitrogens with one attached hydrogen (secondary N) is 2. The van der Waals surface area contributed by atoms with Gasteiger partial charge in [-0.1, -0.05) is 60.1 Å². The molecule has 0 atom stereocenters. The summed E-state index contributed by atoms with van der Waals surface area (Å²) in [7, 11) is 0. The maximum Gasteiger partial charge on any atom is 0.224 e. The van der Waals surface area contributed by atoms with Crippen LogP contribution >= 0.6 is 15.9 Å². The molecule has 3 rings (SSSR count). The number of aryl methyl sites for hydroxylation is 1. The van der Waals surface area contributed by atoms with Crippen molar-refractivity contribution in [1.29, 1.82) is 0 Å². The van der Waals surface area contributed by atoms with E-state index in [9.17, 15) is 4.79 Å². The van der Waals surface area contributed by atoms with Crippen LogP contribution in [0.5, 0.6) is 11.5 Å². The van der Waals surface area contributed by atoms with Gasteiger partial charge >= 0.3 is 0 Å². The van der Waals surface area contributed by atoms with Gasteiger partial charge in [0.15, 0.2) is 11.5 Å². The van der Waals surface area contributed by atoms with E-state index in [-0.39, 0.29) is 5.91 Å². The number of rotatable bonds is 11. The molecule has 2 N–H and O–H groups in total. The second-order valence-electron chi connectivity index (χ2n) is 8.62. The summed E-state index contributed by atoms with van der Waals surface area (Å²) in [6.07, 6.45) is 0.503. The molecule has 6 heteroatoms. The number of hydrogen-bond acceptors (Lipinski definition) is 4. The third-order valence-electron chi connectivity index (χ3n) is 5.28. The highest BCUT2D eigenvalue weighted by Gasteiger charge is 2.12. The maximum absolute atomic E-state index is 12.1. The summed E-state index contributed by atoms with van der Waals surface area (Å²) < 4.78 is 12.9. The Hall–Kier alpha value is -2.99. The van der Waals surface area contributed by atoms with E-state index in [1.807, 2.05) is 69.3 Å². The molecular weight excluding hydrogens is 492 g/mol. The lowest BCUT2D eigenvalue weighted by Crippen LogP contribution is -2.14. The van der Waals surface area contributed by atoms with E-state index in [1.54, 1.807) is 0 Å². The summed E-state index contributed by atoms with van der Waals surface area (Å²) >= 11 is 3.68. The highest BCUT2D eigenvalue weighted by molar-refractivity contribution is 9.10. The van der Waals surface area contributed by atoms with Crippen molar-refractivity contribution in [2.75, 3.05) is 17.2 Å². The zero-order valence-corrected chi connectivity index (χ0v) is 21.9. The van der Waals surface area contributed by atoms with Crippen LogP contribution in [0.2, 0.25) is 0 Å². The van der Waals surface area contributed by atoms with Crippen molar-refractivity contribution in [1.82, 2.24) is 0 Å². The Bertz CT molecular complexity index is 1110. The van der Waals surface area contributed by atoms with Gasteiger partial charge in [-0.15, -0.1) is 0 Å². The van der Waals surface area contributed by atoms with E-state index < -0.39 is 0 Å². The zero-order chi connectivity index (χ0) is 24.5. The fraction of sp³-hybridized carbons (Fsp3) is 0.321. The fourth-order valence-electron chi connectivity index (χ4n) is 3.51. The quantitative estimate of drug-likeness (QED) is 0.275. The molecule has 0 saturated carbocycles. The van der Waals surface area contributed by atoms with E-state index in [4.69, 9.17) is 9.47 Å². The molecule has 0 saturated heterocycles. The molecule has 34 heavy (non-hydrogen) atoms. The molecule has 1 amide bonds. The predicted octanol–water partition coefficient (Wildman–Crippen LogP) is 7.33. The van der Waals surface area contributed by atoms with Crippen LogP contribution < -0.4 is 20.1 Å². The van der Waals surface area contributed by atoms with E-state index in [0.717, 1.165) is 27.0 Å². The summed E-state index contributed by atoms with van der Waals surface area (Å²) in [6, 6.07) is 19.9. The van der Waals surface area contributed by atoms with Gasteiger partial charge in [-0.25, -0.2) is 0 Å². The molecule has 0 heterocycles. The Labute approximate surface area is 211 Å². The van der Waals surface area contributed by atoms with E-state index in [0.29, 0.717) is 43.6 Å². The van der Waals surface area contributed by atoms with Gasteiger partial charge in [0.25, 0.3) is 0 Å². The molecule has 5 nitrogen and oxygen atoms in total. The molecule has 0 aliphatic carbocycles. The summed E-state index contributed by atoms with van der Waals surface area (Å²) in [5.41, 5.74) is 5.09. The third kappa shape index (κ3) is 7.52. The number of amides is 1. The molecule has 180 valence electrons. The first-order valence-electron chi connectivity index (χ1n) is 11.6. The number of hydrogen-bond donors (Lipinski definition) is 2. The molecule has 0 aliphatic heterocycles. The number of anilines is 2. The molecule has 0 unspecified atom stereocenters. The van der Waals surface area contributed by atoms with Gasteiger partial charge in [-0.2, -0.15) is 0 Å². The highest BCUT2D eigenvalue weighted by Crippen LogP contribution is 2.35. The maximum atomic E-state index is 12.1. The van der Waals surface area contributed by atoms with Crippen molar-refractivity contribution in [2.45, 2.75) is 47.3 Å². The minimum absolute atomic E-state index is 0.0255. The van der Waals surface area contributed by atoms with E-state index in [2.05, 4.69) is 45.6 Å². The van der Waals surface area contributed by atoms with Gasteiger partial charge in [0.2, 0.25) is 5.91 Å². The molecule has 3 aromatic carbocycles. The second kappa shape index (κ2) is 12.5. The lowest BCUT2D eigenvalue weighted by atomic mass is 10.1. The molecule has 0 bridgehead atoms. The molecular formula is C28H33BrN2O3. The smallest absolute Gasteiger partial charge is 0.224 e. The van der Waals surface area contributed by atoms with Crippen molar-refractivity contribution >= 4 is 33.2 Å². The number of ether oxygens (including phenoxy) is 2. The van der Waals surface area contributed by atoms with Gasteiger partial charge in [-0.3, -0.25) is 4.79 Å². The SMILES string of the molecule is CCOc1cc(CNc2cccc(NC(=O)CC(C)C)c2)c(Br)cc1OCc1ccccc1C. The largest absolute Gasteiger partial charge is 0.490 e. The van der Waals surface area contributed by atoms with Crippen molar-refractivity contribution in [3.8, 4) is 11.5 Å². The van der Waals surface area contributed by atoms with Gasteiger partial charge in [0.05, 0.1) is 6.61 Å².